The first-order chi connectivity index (χ1) is 18.1. The minimum Gasteiger partial charge on any atom is -0.387 e. The number of halogens is 4. The van der Waals surface area contributed by atoms with Gasteiger partial charge in [-0.2, -0.15) is 0 Å². The number of benzene rings is 2. The Labute approximate surface area is 230 Å². The average molecular weight is 587 g/mol. The van der Waals surface area contributed by atoms with Crippen molar-refractivity contribution in [1.82, 2.24) is 5.32 Å². The molecule has 0 aromatic heterocycles. The molecule has 0 radical (unpaired) electrons. The third kappa shape index (κ3) is 5.53. The second-order valence-corrected chi connectivity index (χ2v) is 13.5. The highest BCUT2D eigenvalue weighted by atomic mass is 35.5. The molecule has 2 aliphatic rings. The van der Waals surface area contributed by atoms with Crippen LogP contribution >= 0.6 is 11.6 Å². The fourth-order valence-electron chi connectivity index (χ4n) is 5.88. The molecule has 4 rings (SSSR count). The van der Waals surface area contributed by atoms with E-state index in [2.05, 4.69) is 10.6 Å². The molecule has 3 N–H and O–H groups in total. The molecule has 0 heterocycles. The first-order valence-corrected chi connectivity index (χ1v) is 14.6. The molecule has 2 unspecified atom stereocenters. The monoisotopic (exact) mass is 586 g/mol. The summed E-state index contributed by atoms with van der Waals surface area (Å²) in [6, 6.07) is 4.81. The van der Waals surface area contributed by atoms with E-state index in [1.165, 1.54) is 12.1 Å². The van der Waals surface area contributed by atoms with Crippen LogP contribution in [0, 0.1) is 41.1 Å². The fourth-order valence-corrected chi connectivity index (χ4v) is 8.26. The minimum atomic E-state index is -4.06. The molecule has 2 saturated carbocycles. The maximum atomic E-state index is 13.8. The van der Waals surface area contributed by atoms with E-state index in [0.717, 1.165) is 6.07 Å². The Morgan fingerprint density at radius 3 is 2.33 bits per heavy atom. The van der Waals surface area contributed by atoms with Gasteiger partial charge in [-0.3, -0.25) is 9.59 Å². The highest BCUT2D eigenvalue weighted by molar-refractivity contribution is 7.92. The second kappa shape index (κ2) is 10.7. The van der Waals surface area contributed by atoms with E-state index in [4.69, 9.17) is 11.6 Å². The highest BCUT2D eigenvalue weighted by Gasteiger charge is 2.58. The van der Waals surface area contributed by atoms with E-state index in [-0.39, 0.29) is 70.1 Å². The number of sulfone groups is 1. The van der Waals surface area contributed by atoms with Crippen molar-refractivity contribution in [3.63, 3.8) is 0 Å². The van der Waals surface area contributed by atoms with Crippen LogP contribution in [0.25, 0.3) is 0 Å². The van der Waals surface area contributed by atoms with E-state index >= 15 is 0 Å². The van der Waals surface area contributed by atoms with Gasteiger partial charge in [0.1, 0.15) is 0 Å². The zero-order chi connectivity index (χ0) is 28.9. The number of nitrogens with one attached hydrogen (secondary N) is 2. The number of hydrogen-bond acceptors (Lipinski definition) is 5. The van der Waals surface area contributed by atoms with Gasteiger partial charge >= 0.3 is 0 Å². The SMILES string of the molecule is CC(C)C(=O)NC[C@@]1(O)C2C[C@@H](S(=O)(=O)c3cc(C(=O)Nc4cc(F)c(F)c(F)c4)ccc3Cl)CC1[C@@H](C)C2. The predicted molar refractivity (Wildman–Crippen MR) is 139 cm³/mol. The van der Waals surface area contributed by atoms with Gasteiger partial charge < -0.3 is 15.7 Å². The topological polar surface area (TPSA) is 113 Å². The van der Waals surface area contributed by atoms with Crippen molar-refractivity contribution >= 4 is 38.9 Å². The Morgan fingerprint density at radius 2 is 1.74 bits per heavy atom. The first-order valence-electron chi connectivity index (χ1n) is 12.6. The number of hydrogen-bond donors (Lipinski definition) is 3. The lowest BCUT2D eigenvalue weighted by Gasteiger charge is -2.43. The molecule has 2 aliphatic carbocycles. The van der Waals surface area contributed by atoms with Gasteiger partial charge in [-0.1, -0.05) is 32.4 Å². The molecule has 5 atom stereocenters. The molecule has 212 valence electrons. The van der Waals surface area contributed by atoms with Crippen molar-refractivity contribution in [2.45, 2.75) is 55.8 Å². The van der Waals surface area contributed by atoms with E-state index in [0.29, 0.717) is 18.6 Å². The van der Waals surface area contributed by atoms with E-state index in [9.17, 15) is 36.3 Å². The molecule has 0 spiro atoms. The zero-order valence-electron chi connectivity index (χ0n) is 21.6. The van der Waals surface area contributed by atoms with E-state index < -0.39 is 44.0 Å². The summed E-state index contributed by atoms with van der Waals surface area (Å²) in [5.74, 6) is -6.71. The lowest BCUT2D eigenvalue weighted by molar-refractivity contribution is -0.127. The van der Waals surface area contributed by atoms with Gasteiger partial charge in [0, 0.05) is 35.8 Å². The van der Waals surface area contributed by atoms with E-state index in [1.54, 1.807) is 13.8 Å². The first kappa shape index (κ1) is 29.4. The van der Waals surface area contributed by atoms with Gasteiger partial charge in [-0.05, 0) is 55.2 Å². The summed E-state index contributed by atoms with van der Waals surface area (Å²) < 4.78 is 67.8. The van der Waals surface area contributed by atoms with Crippen LogP contribution < -0.4 is 10.6 Å². The largest absolute Gasteiger partial charge is 0.387 e. The van der Waals surface area contributed by atoms with Crippen LogP contribution in [0.3, 0.4) is 0 Å². The third-order valence-corrected chi connectivity index (χ3v) is 10.7. The maximum absolute atomic E-state index is 13.8. The van der Waals surface area contributed by atoms with Crippen LogP contribution in [0.1, 0.15) is 50.4 Å². The smallest absolute Gasteiger partial charge is 0.255 e. The molecule has 2 fully saturated rings. The van der Waals surface area contributed by atoms with Crippen LogP contribution in [0.15, 0.2) is 35.2 Å². The van der Waals surface area contributed by atoms with Crippen molar-refractivity contribution in [3.05, 3.63) is 58.4 Å². The Hall–Kier alpha value is -2.63. The van der Waals surface area contributed by atoms with Gasteiger partial charge in [-0.25, -0.2) is 21.6 Å². The van der Waals surface area contributed by atoms with Crippen molar-refractivity contribution < 1.29 is 36.3 Å². The number of fused-ring (bicyclic) bond motifs is 2. The molecule has 7 nitrogen and oxygen atoms in total. The van der Waals surface area contributed by atoms with Crippen LogP contribution in [0.2, 0.25) is 5.02 Å². The quantitative estimate of drug-likeness (QED) is 0.406. The number of rotatable bonds is 7. The van der Waals surface area contributed by atoms with Crippen molar-refractivity contribution in [1.29, 1.82) is 0 Å². The molecule has 0 aliphatic heterocycles. The maximum Gasteiger partial charge on any atom is 0.255 e. The van der Waals surface area contributed by atoms with Gasteiger partial charge in [-0.15, -0.1) is 0 Å². The number of anilines is 1. The Morgan fingerprint density at radius 1 is 1.10 bits per heavy atom. The number of carbonyl (C=O) groups excluding carboxylic acids is 2. The summed E-state index contributed by atoms with van der Waals surface area (Å²) in [6.07, 6.45) is 0.902. The number of amides is 2. The zero-order valence-corrected chi connectivity index (χ0v) is 23.2. The molecule has 12 heteroatoms. The average Bonchev–Trinajstić information content (AvgIpc) is 2.98. The van der Waals surface area contributed by atoms with Gasteiger partial charge in [0.05, 0.1) is 20.8 Å². The standard InChI is InChI=1S/C27H30ClF3N2O5S/c1-13(2)25(34)32-12-27(36)16-6-14(3)19(27)11-18(8-16)39(37,38)23-7-15(4-5-20(23)28)26(35)33-17-9-21(29)24(31)22(30)10-17/h4-5,7,9-10,13-14,16,18-19,36H,6,8,11-12H2,1-3H3,(H,32,34)(H,33,35)/t14-,16?,18+,19?,27+/m0/s1. The third-order valence-electron chi connectivity index (χ3n) is 8.01. The molecule has 2 amide bonds. The van der Waals surface area contributed by atoms with Crippen molar-refractivity contribution in [3.8, 4) is 0 Å². The molecule has 2 aromatic rings. The van der Waals surface area contributed by atoms with Crippen molar-refractivity contribution in [2.75, 3.05) is 11.9 Å². The summed E-state index contributed by atoms with van der Waals surface area (Å²) in [5.41, 5.74) is -1.72. The minimum absolute atomic E-state index is 0.0280. The number of aliphatic hydroxyl groups is 1. The highest BCUT2D eigenvalue weighted by Crippen LogP contribution is 2.54. The van der Waals surface area contributed by atoms with Crippen LogP contribution in [0.4, 0.5) is 18.9 Å². The summed E-state index contributed by atoms with van der Waals surface area (Å²) >= 11 is 6.26. The van der Waals surface area contributed by atoms with Crippen LogP contribution in [-0.4, -0.2) is 42.7 Å². The van der Waals surface area contributed by atoms with Gasteiger partial charge in [0.15, 0.2) is 27.3 Å². The lowest BCUT2D eigenvalue weighted by atomic mass is 9.73. The fraction of sp³-hybridized carbons (Fsp3) is 0.481. The second-order valence-electron chi connectivity index (χ2n) is 10.9. The Kier molecular flexibility index (Phi) is 8.08. The van der Waals surface area contributed by atoms with Gasteiger partial charge in [0.2, 0.25) is 5.91 Å². The molecule has 39 heavy (non-hydrogen) atoms. The molecule has 2 aromatic carbocycles. The van der Waals surface area contributed by atoms with Gasteiger partial charge in [0.25, 0.3) is 5.91 Å². The lowest BCUT2D eigenvalue weighted by Crippen LogP contribution is -2.55. The molecular formula is C27H30ClF3N2O5S. The van der Waals surface area contributed by atoms with E-state index in [1.807, 2.05) is 6.92 Å². The Balaban J connectivity index is 1.56. The molecule has 2 bridgehead atoms. The summed E-state index contributed by atoms with van der Waals surface area (Å²) in [7, 11) is -4.06. The Bertz CT molecular complexity index is 1400. The molecule has 0 saturated heterocycles. The van der Waals surface area contributed by atoms with Crippen LogP contribution in [-0.2, 0) is 14.6 Å². The summed E-state index contributed by atoms with van der Waals surface area (Å²) in [4.78, 5) is 24.6. The van der Waals surface area contributed by atoms with Crippen LogP contribution in [0.5, 0.6) is 0 Å². The predicted octanol–water partition coefficient (Wildman–Crippen LogP) is 4.72. The summed E-state index contributed by atoms with van der Waals surface area (Å²) in [6.45, 7) is 5.48. The molecular weight excluding hydrogens is 557 g/mol. The van der Waals surface area contributed by atoms with Crippen molar-refractivity contribution in [2.24, 2.45) is 23.7 Å². The summed E-state index contributed by atoms with van der Waals surface area (Å²) in [5, 5.41) is 15.6. The number of carbonyl (C=O) groups is 2. The normalized spacial score (nSPS) is 26.5.